The predicted octanol–water partition coefficient (Wildman–Crippen LogP) is 5.60. The molecule has 0 radical (unpaired) electrons. The van der Waals surface area contributed by atoms with Crippen molar-refractivity contribution >= 4 is 34.4 Å². The highest BCUT2D eigenvalue weighted by Crippen LogP contribution is 2.30. The number of thiazole rings is 2. The third kappa shape index (κ3) is 6.07. The zero-order valence-corrected chi connectivity index (χ0v) is 21.3. The van der Waals surface area contributed by atoms with E-state index in [-0.39, 0.29) is 30.6 Å². The van der Waals surface area contributed by atoms with Crippen LogP contribution in [0, 0.1) is 25.2 Å². The summed E-state index contributed by atoms with van der Waals surface area (Å²) in [6.07, 6.45) is 0.322. The van der Waals surface area contributed by atoms with Crippen molar-refractivity contribution in [3.05, 3.63) is 91.9 Å². The summed E-state index contributed by atoms with van der Waals surface area (Å²) in [6.45, 7) is 5.83. The first-order valence-corrected chi connectivity index (χ1v) is 12.8. The lowest BCUT2D eigenvalue weighted by atomic mass is 10.0. The van der Waals surface area contributed by atoms with Gasteiger partial charge in [-0.05, 0) is 50.1 Å². The minimum absolute atomic E-state index is 0.0257. The molecule has 2 aromatic heterocycles. The molecule has 4 rings (SSSR count). The van der Waals surface area contributed by atoms with Crippen LogP contribution in [0.5, 0.6) is 0 Å². The molecule has 0 saturated heterocycles. The molecule has 0 fully saturated rings. The fourth-order valence-corrected chi connectivity index (χ4v) is 5.59. The van der Waals surface area contributed by atoms with Crippen LogP contribution in [0.1, 0.15) is 55.7 Å². The van der Waals surface area contributed by atoms with Crippen LogP contribution in [0.3, 0.4) is 0 Å². The molecule has 1 N–H and O–H groups in total. The molecule has 2 heterocycles. The van der Waals surface area contributed by atoms with E-state index in [0.717, 1.165) is 31.8 Å². The van der Waals surface area contributed by atoms with E-state index < -0.39 is 0 Å². The van der Waals surface area contributed by atoms with Gasteiger partial charge in [0.25, 0.3) is 5.91 Å². The molecule has 0 aliphatic rings. The molecule has 176 valence electrons. The summed E-state index contributed by atoms with van der Waals surface area (Å²) in [6, 6.07) is 16.4. The van der Waals surface area contributed by atoms with Gasteiger partial charge in [-0.25, -0.2) is 9.97 Å². The Bertz CT molecular complexity index is 1420. The number of nitriles is 1. The molecule has 2 aromatic carbocycles. The molecule has 4 aromatic rings. The van der Waals surface area contributed by atoms with Gasteiger partial charge >= 0.3 is 0 Å². The van der Waals surface area contributed by atoms with E-state index in [1.807, 2.05) is 56.5 Å². The number of rotatable bonds is 8. The molecular formula is C27H24N4O2S2. The summed E-state index contributed by atoms with van der Waals surface area (Å²) in [7, 11) is 0. The van der Waals surface area contributed by atoms with Crippen molar-refractivity contribution in [1.29, 1.82) is 5.26 Å². The van der Waals surface area contributed by atoms with Gasteiger partial charge in [-0.3, -0.25) is 9.59 Å². The van der Waals surface area contributed by atoms with E-state index >= 15 is 0 Å². The normalized spacial score (nSPS) is 11.6. The van der Waals surface area contributed by atoms with Crippen LogP contribution in [0.4, 0.5) is 0 Å². The first kappa shape index (κ1) is 24.5. The maximum Gasteiger partial charge on any atom is 0.251 e. The average Bonchev–Trinajstić information content (AvgIpc) is 3.44. The standard InChI is InChI=1S/C27H24N4O2S2/c1-16(21-7-5-4-6-8-21)30-27(33)22-10-19(9-20(11-22)14-28)12-23(32)13-25-31-24(15-34-25)26-17(2)29-18(3)35-26/h4-11,15-16H,12-13H2,1-3H3,(H,30,33)/t16-/m0/s1. The molecule has 6 nitrogen and oxygen atoms in total. The van der Waals surface area contributed by atoms with Crippen molar-refractivity contribution in [2.24, 2.45) is 0 Å². The van der Waals surface area contributed by atoms with Crippen molar-refractivity contribution in [1.82, 2.24) is 15.3 Å². The number of aryl methyl sites for hydroxylation is 2. The van der Waals surface area contributed by atoms with Crippen molar-refractivity contribution < 1.29 is 9.59 Å². The Hall–Kier alpha value is -3.67. The van der Waals surface area contributed by atoms with E-state index in [9.17, 15) is 14.9 Å². The smallest absolute Gasteiger partial charge is 0.251 e. The second-order valence-electron chi connectivity index (χ2n) is 8.30. The Balaban J connectivity index is 1.45. The lowest BCUT2D eigenvalue weighted by Gasteiger charge is -2.15. The number of carbonyl (C=O) groups is 2. The second kappa shape index (κ2) is 10.7. The average molecular weight is 501 g/mol. The maximum atomic E-state index is 12.9. The van der Waals surface area contributed by atoms with Gasteiger partial charge in [0.05, 0.1) is 45.4 Å². The number of ketones is 1. The van der Waals surface area contributed by atoms with Crippen LogP contribution in [0.15, 0.2) is 53.9 Å². The van der Waals surface area contributed by atoms with Crippen molar-refractivity contribution in [2.45, 2.75) is 39.7 Å². The zero-order valence-electron chi connectivity index (χ0n) is 19.7. The van der Waals surface area contributed by atoms with Crippen molar-refractivity contribution in [2.75, 3.05) is 0 Å². The van der Waals surface area contributed by atoms with Gasteiger partial charge in [-0.15, -0.1) is 22.7 Å². The van der Waals surface area contributed by atoms with Crippen molar-refractivity contribution in [3.63, 3.8) is 0 Å². The van der Waals surface area contributed by atoms with E-state index in [1.54, 1.807) is 29.5 Å². The first-order chi connectivity index (χ1) is 16.8. The van der Waals surface area contributed by atoms with Gasteiger partial charge in [0.2, 0.25) is 0 Å². The molecule has 0 spiro atoms. The van der Waals surface area contributed by atoms with E-state index in [1.165, 1.54) is 11.3 Å². The van der Waals surface area contributed by atoms with E-state index in [4.69, 9.17) is 0 Å². The first-order valence-electron chi connectivity index (χ1n) is 11.1. The topological polar surface area (TPSA) is 95.7 Å². The summed E-state index contributed by atoms with van der Waals surface area (Å²) in [4.78, 5) is 35.8. The number of nitrogens with one attached hydrogen (secondary N) is 1. The Morgan fingerprint density at radius 3 is 2.54 bits per heavy atom. The highest BCUT2D eigenvalue weighted by molar-refractivity contribution is 7.16. The third-order valence-corrected chi connectivity index (χ3v) is 7.41. The summed E-state index contributed by atoms with van der Waals surface area (Å²) < 4.78 is 0. The van der Waals surface area contributed by atoms with Gasteiger partial charge in [0.1, 0.15) is 10.8 Å². The Kier molecular flexibility index (Phi) is 7.49. The number of benzene rings is 2. The van der Waals surface area contributed by atoms with Crippen LogP contribution in [-0.4, -0.2) is 21.7 Å². The minimum atomic E-state index is -0.285. The molecule has 0 aliphatic carbocycles. The van der Waals surface area contributed by atoms with Gasteiger partial charge in [-0.2, -0.15) is 5.26 Å². The quantitative estimate of drug-likeness (QED) is 0.340. The van der Waals surface area contributed by atoms with Gasteiger partial charge in [-0.1, -0.05) is 30.3 Å². The molecule has 0 unspecified atom stereocenters. The van der Waals surface area contributed by atoms with Crippen LogP contribution >= 0.6 is 22.7 Å². The minimum Gasteiger partial charge on any atom is -0.346 e. The van der Waals surface area contributed by atoms with Gasteiger partial charge < -0.3 is 5.32 Å². The number of aromatic nitrogens is 2. The predicted molar refractivity (Wildman–Crippen MR) is 139 cm³/mol. The Morgan fingerprint density at radius 2 is 1.86 bits per heavy atom. The molecule has 0 aliphatic heterocycles. The largest absolute Gasteiger partial charge is 0.346 e. The Labute approximate surface area is 212 Å². The van der Waals surface area contributed by atoms with Crippen LogP contribution in [0.25, 0.3) is 10.6 Å². The Morgan fingerprint density at radius 1 is 1.09 bits per heavy atom. The van der Waals surface area contributed by atoms with Crippen molar-refractivity contribution in [3.8, 4) is 16.6 Å². The lowest BCUT2D eigenvalue weighted by Crippen LogP contribution is -2.26. The molecule has 0 saturated carbocycles. The van der Waals surface area contributed by atoms with Crippen LogP contribution < -0.4 is 5.32 Å². The molecule has 35 heavy (non-hydrogen) atoms. The highest BCUT2D eigenvalue weighted by Gasteiger charge is 2.16. The fraction of sp³-hybridized carbons (Fsp3) is 0.222. The molecule has 1 amide bonds. The van der Waals surface area contributed by atoms with Gasteiger partial charge in [0.15, 0.2) is 0 Å². The van der Waals surface area contributed by atoms with E-state index in [0.29, 0.717) is 16.7 Å². The highest BCUT2D eigenvalue weighted by atomic mass is 32.1. The van der Waals surface area contributed by atoms with Gasteiger partial charge in [0, 0.05) is 17.4 Å². The number of amides is 1. The summed E-state index contributed by atoms with van der Waals surface area (Å²) in [5.41, 5.74) is 4.12. The fourth-order valence-electron chi connectivity index (χ4n) is 3.82. The van der Waals surface area contributed by atoms with Crippen LogP contribution in [-0.2, 0) is 17.6 Å². The number of Topliss-reactive ketones (excluding diaryl/α,β-unsaturated/α-hetero) is 1. The summed E-state index contributed by atoms with van der Waals surface area (Å²) in [5.74, 6) is -0.311. The van der Waals surface area contributed by atoms with Crippen LogP contribution in [0.2, 0.25) is 0 Å². The number of hydrogen-bond donors (Lipinski definition) is 1. The lowest BCUT2D eigenvalue weighted by molar-refractivity contribution is -0.117. The summed E-state index contributed by atoms with van der Waals surface area (Å²) in [5, 5.41) is 16.1. The molecule has 1 atom stereocenters. The zero-order chi connectivity index (χ0) is 24.9. The monoisotopic (exact) mass is 500 g/mol. The SMILES string of the molecule is Cc1nc(C)c(-c2csc(CC(=O)Cc3cc(C#N)cc(C(=O)N[C@@H](C)c4ccccc4)c3)n2)s1. The number of hydrogen-bond acceptors (Lipinski definition) is 7. The molecular weight excluding hydrogens is 476 g/mol. The van der Waals surface area contributed by atoms with E-state index in [2.05, 4.69) is 21.4 Å². The number of nitrogens with zero attached hydrogens (tertiary/aromatic N) is 3. The number of carbonyl (C=O) groups excluding carboxylic acids is 2. The maximum absolute atomic E-state index is 12.9. The third-order valence-electron chi connectivity index (χ3n) is 5.47. The molecule has 8 heteroatoms. The second-order valence-corrected chi connectivity index (χ2v) is 10.4. The molecule has 0 bridgehead atoms. The summed E-state index contributed by atoms with van der Waals surface area (Å²) >= 11 is 3.05.